The Morgan fingerprint density at radius 2 is 1.96 bits per heavy atom. The van der Waals surface area contributed by atoms with Gasteiger partial charge in [0.25, 0.3) is 0 Å². The number of fused-ring (bicyclic) bond motifs is 1. The molecule has 0 aliphatic carbocycles. The van der Waals surface area contributed by atoms with E-state index >= 15 is 0 Å². The molecular formula is C18H15BrN2O4. The average Bonchev–Trinajstić information content (AvgIpc) is 3.22. The van der Waals surface area contributed by atoms with E-state index in [0.717, 1.165) is 4.47 Å². The lowest BCUT2D eigenvalue weighted by Gasteiger charge is -2.17. The van der Waals surface area contributed by atoms with Crippen molar-refractivity contribution in [2.75, 3.05) is 23.6 Å². The highest BCUT2D eigenvalue weighted by molar-refractivity contribution is 9.10. The minimum Gasteiger partial charge on any atom is -0.454 e. The molecule has 0 spiro atoms. The first-order chi connectivity index (χ1) is 12.1. The minimum atomic E-state index is -0.398. The number of para-hydroxylation sites is 1. The average molecular weight is 403 g/mol. The van der Waals surface area contributed by atoms with Gasteiger partial charge in [0.05, 0.1) is 11.6 Å². The van der Waals surface area contributed by atoms with Crippen molar-refractivity contribution in [1.29, 1.82) is 0 Å². The van der Waals surface area contributed by atoms with Gasteiger partial charge in [0.15, 0.2) is 11.5 Å². The highest BCUT2D eigenvalue weighted by atomic mass is 79.9. The van der Waals surface area contributed by atoms with E-state index in [9.17, 15) is 9.59 Å². The number of anilines is 2. The summed E-state index contributed by atoms with van der Waals surface area (Å²) >= 11 is 3.40. The summed E-state index contributed by atoms with van der Waals surface area (Å²) in [6.07, 6.45) is 0.185. The first kappa shape index (κ1) is 16.0. The number of rotatable bonds is 3. The SMILES string of the molecule is O=C(Nc1ccccc1Br)C1CC(=O)N(c2ccc3c(c2)OCO3)C1. The van der Waals surface area contributed by atoms with Gasteiger partial charge in [0.1, 0.15) is 0 Å². The zero-order valence-electron chi connectivity index (χ0n) is 13.2. The fourth-order valence-corrected chi connectivity index (χ4v) is 3.37. The van der Waals surface area contributed by atoms with Gasteiger partial charge < -0.3 is 19.7 Å². The van der Waals surface area contributed by atoms with Crippen LogP contribution in [-0.2, 0) is 9.59 Å². The van der Waals surface area contributed by atoms with Crippen molar-refractivity contribution >= 4 is 39.1 Å². The van der Waals surface area contributed by atoms with Crippen LogP contribution in [0.3, 0.4) is 0 Å². The summed E-state index contributed by atoms with van der Waals surface area (Å²) in [7, 11) is 0. The normalized spacial score (nSPS) is 18.5. The number of ether oxygens (including phenoxy) is 2. The van der Waals surface area contributed by atoms with E-state index in [-0.39, 0.29) is 25.0 Å². The highest BCUT2D eigenvalue weighted by Crippen LogP contribution is 2.37. The zero-order chi connectivity index (χ0) is 17.4. The van der Waals surface area contributed by atoms with Gasteiger partial charge in [-0.15, -0.1) is 0 Å². The maximum Gasteiger partial charge on any atom is 0.231 e. The molecule has 2 aliphatic heterocycles. The van der Waals surface area contributed by atoms with Crippen molar-refractivity contribution in [3.63, 3.8) is 0 Å². The molecule has 25 heavy (non-hydrogen) atoms. The number of hydrogen-bond acceptors (Lipinski definition) is 4. The quantitative estimate of drug-likeness (QED) is 0.855. The van der Waals surface area contributed by atoms with E-state index in [4.69, 9.17) is 9.47 Å². The second-order valence-electron chi connectivity index (χ2n) is 5.91. The van der Waals surface area contributed by atoms with E-state index < -0.39 is 5.92 Å². The molecule has 2 amide bonds. The molecule has 7 heteroatoms. The molecule has 2 aromatic rings. The summed E-state index contributed by atoms with van der Waals surface area (Å²) in [5.41, 5.74) is 1.41. The van der Waals surface area contributed by atoms with E-state index in [1.165, 1.54) is 0 Å². The fourth-order valence-electron chi connectivity index (χ4n) is 2.98. The largest absolute Gasteiger partial charge is 0.454 e. The van der Waals surface area contributed by atoms with Gasteiger partial charge >= 0.3 is 0 Å². The van der Waals surface area contributed by atoms with Gasteiger partial charge in [-0.1, -0.05) is 12.1 Å². The molecule has 0 bridgehead atoms. The van der Waals surface area contributed by atoms with Crippen LogP contribution in [0.4, 0.5) is 11.4 Å². The maximum absolute atomic E-state index is 12.5. The maximum atomic E-state index is 12.5. The van der Waals surface area contributed by atoms with Gasteiger partial charge in [-0.2, -0.15) is 0 Å². The Hall–Kier alpha value is -2.54. The number of carbonyl (C=O) groups excluding carboxylic acids is 2. The van der Waals surface area contributed by atoms with Crippen molar-refractivity contribution in [3.05, 3.63) is 46.9 Å². The second kappa shape index (κ2) is 6.40. The molecule has 0 saturated carbocycles. The number of nitrogens with one attached hydrogen (secondary N) is 1. The lowest BCUT2D eigenvalue weighted by atomic mass is 10.1. The summed E-state index contributed by atoms with van der Waals surface area (Å²) in [6, 6.07) is 12.7. The molecule has 2 aromatic carbocycles. The molecule has 1 atom stereocenters. The molecule has 1 N–H and O–H groups in total. The summed E-state index contributed by atoms with van der Waals surface area (Å²) < 4.78 is 11.4. The third kappa shape index (κ3) is 3.07. The predicted octanol–water partition coefficient (Wildman–Crippen LogP) is 3.17. The lowest BCUT2D eigenvalue weighted by molar-refractivity contribution is -0.122. The second-order valence-corrected chi connectivity index (χ2v) is 6.77. The minimum absolute atomic E-state index is 0.0776. The molecule has 1 unspecified atom stereocenters. The number of amides is 2. The van der Waals surface area contributed by atoms with Crippen LogP contribution < -0.4 is 19.7 Å². The summed E-state index contributed by atoms with van der Waals surface area (Å²) in [4.78, 5) is 26.5. The Labute approximate surface area is 152 Å². The first-order valence-corrected chi connectivity index (χ1v) is 8.66. The van der Waals surface area contributed by atoms with Gasteiger partial charge in [-0.3, -0.25) is 9.59 Å². The Bertz CT molecular complexity index is 855. The van der Waals surface area contributed by atoms with Crippen LogP contribution in [-0.4, -0.2) is 25.2 Å². The summed E-state index contributed by atoms with van der Waals surface area (Å²) in [5.74, 6) is 0.643. The number of benzene rings is 2. The highest BCUT2D eigenvalue weighted by Gasteiger charge is 2.35. The summed E-state index contributed by atoms with van der Waals surface area (Å²) in [5, 5.41) is 2.88. The van der Waals surface area contributed by atoms with Gasteiger partial charge in [0.2, 0.25) is 18.6 Å². The van der Waals surface area contributed by atoms with Gasteiger partial charge in [-0.25, -0.2) is 0 Å². The van der Waals surface area contributed by atoms with Crippen molar-refractivity contribution in [2.24, 2.45) is 5.92 Å². The third-order valence-electron chi connectivity index (χ3n) is 4.30. The Morgan fingerprint density at radius 3 is 2.80 bits per heavy atom. The van der Waals surface area contributed by atoms with Crippen molar-refractivity contribution < 1.29 is 19.1 Å². The molecule has 1 fully saturated rings. The van der Waals surface area contributed by atoms with Crippen LogP contribution in [0.2, 0.25) is 0 Å². The van der Waals surface area contributed by atoms with Crippen molar-refractivity contribution in [2.45, 2.75) is 6.42 Å². The smallest absolute Gasteiger partial charge is 0.231 e. The number of carbonyl (C=O) groups is 2. The Balaban J connectivity index is 1.48. The fraction of sp³-hybridized carbons (Fsp3) is 0.222. The summed E-state index contributed by atoms with van der Waals surface area (Å²) in [6.45, 7) is 0.526. The molecule has 1 saturated heterocycles. The van der Waals surface area contributed by atoms with Crippen molar-refractivity contribution in [1.82, 2.24) is 0 Å². The number of halogens is 1. The molecule has 4 rings (SSSR count). The lowest BCUT2D eigenvalue weighted by Crippen LogP contribution is -2.28. The Morgan fingerprint density at radius 1 is 1.16 bits per heavy atom. The number of nitrogens with zero attached hydrogens (tertiary/aromatic N) is 1. The standard InChI is InChI=1S/C18H15BrN2O4/c19-13-3-1-2-4-14(13)20-18(23)11-7-17(22)21(9-11)12-5-6-15-16(8-12)25-10-24-15/h1-6,8,11H,7,9-10H2,(H,20,23). The van der Waals surface area contributed by atoms with Gasteiger partial charge in [-0.05, 0) is 40.2 Å². The number of hydrogen-bond donors (Lipinski definition) is 1. The predicted molar refractivity (Wildman–Crippen MR) is 95.8 cm³/mol. The topological polar surface area (TPSA) is 67.9 Å². The molecule has 2 heterocycles. The molecule has 6 nitrogen and oxygen atoms in total. The van der Waals surface area contributed by atoms with E-state index in [0.29, 0.717) is 29.4 Å². The first-order valence-electron chi connectivity index (χ1n) is 7.87. The zero-order valence-corrected chi connectivity index (χ0v) is 14.8. The van der Waals surface area contributed by atoms with Crippen LogP contribution in [0.25, 0.3) is 0 Å². The van der Waals surface area contributed by atoms with Crippen LogP contribution in [0.5, 0.6) is 11.5 Å². The van der Waals surface area contributed by atoms with E-state index in [2.05, 4.69) is 21.2 Å². The molecule has 128 valence electrons. The molecular weight excluding hydrogens is 388 g/mol. The van der Waals surface area contributed by atoms with Crippen LogP contribution in [0.15, 0.2) is 46.9 Å². The molecule has 0 radical (unpaired) electrons. The third-order valence-corrected chi connectivity index (χ3v) is 4.99. The van der Waals surface area contributed by atoms with Crippen LogP contribution in [0.1, 0.15) is 6.42 Å². The van der Waals surface area contributed by atoms with Gasteiger partial charge in [0, 0.05) is 29.2 Å². The Kier molecular flexibility index (Phi) is 4.09. The van der Waals surface area contributed by atoms with Crippen molar-refractivity contribution in [3.8, 4) is 11.5 Å². The molecule has 0 aromatic heterocycles. The van der Waals surface area contributed by atoms with E-state index in [1.54, 1.807) is 23.1 Å². The van der Waals surface area contributed by atoms with E-state index in [1.807, 2.05) is 24.3 Å². The monoisotopic (exact) mass is 402 g/mol. The van der Waals surface area contributed by atoms with Crippen LogP contribution in [0, 0.1) is 5.92 Å². The molecule has 2 aliphatic rings. The van der Waals surface area contributed by atoms with Crippen LogP contribution >= 0.6 is 15.9 Å².